The largest absolute Gasteiger partial charge is 0.497 e. The van der Waals surface area contributed by atoms with Crippen LogP contribution in [0.1, 0.15) is 5.56 Å². The summed E-state index contributed by atoms with van der Waals surface area (Å²) in [7, 11) is 1.60. The smallest absolute Gasteiger partial charge is 0.318 e. The Morgan fingerprint density at radius 3 is 2.68 bits per heavy atom. The van der Waals surface area contributed by atoms with Gasteiger partial charge in [-0.2, -0.15) is 4.98 Å². The third-order valence-corrected chi connectivity index (χ3v) is 3.32. The Kier molecular flexibility index (Phi) is 5.26. The molecule has 0 aliphatic carbocycles. The molecule has 0 spiro atoms. The van der Waals surface area contributed by atoms with E-state index in [9.17, 15) is 4.39 Å². The van der Waals surface area contributed by atoms with Crippen molar-refractivity contribution in [1.29, 1.82) is 0 Å². The van der Waals surface area contributed by atoms with E-state index in [1.54, 1.807) is 7.11 Å². The average molecular weight is 340 g/mol. The molecule has 0 atom stereocenters. The van der Waals surface area contributed by atoms with Crippen LogP contribution in [-0.2, 0) is 6.61 Å². The van der Waals surface area contributed by atoms with E-state index >= 15 is 0 Å². The van der Waals surface area contributed by atoms with E-state index in [0.29, 0.717) is 0 Å². The summed E-state index contributed by atoms with van der Waals surface area (Å²) in [5, 5.41) is 0. The Hall–Kier alpha value is -3.35. The van der Waals surface area contributed by atoms with Gasteiger partial charge < -0.3 is 9.47 Å². The van der Waals surface area contributed by atoms with Crippen molar-refractivity contribution in [3.8, 4) is 11.8 Å². The van der Waals surface area contributed by atoms with E-state index in [-0.39, 0.29) is 18.4 Å². The second-order valence-corrected chi connectivity index (χ2v) is 5.11. The lowest BCUT2D eigenvalue weighted by Gasteiger charge is -2.11. The van der Waals surface area contributed by atoms with Crippen molar-refractivity contribution < 1.29 is 13.9 Å². The van der Waals surface area contributed by atoms with Crippen LogP contribution in [0, 0.1) is 5.82 Å². The zero-order valence-corrected chi connectivity index (χ0v) is 13.6. The third kappa shape index (κ3) is 4.57. The molecular formula is C18H17FN4O2. The molecule has 3 rings (SSSR count). The van der Waals surface area contributed by atoms with Gasteiger partial charge in [-0.15, -0.1) is 0 Å². The molecule has 0 fully saturated rings. The molecule has 1 aromatic heterocycles. The summed E-state index contributed by atoms with van der Waals surface area (Å²) in [4.78, 5) is 7.88. The maximum absolute atomic E-state index is 13.8. The Bertz CT molecular complexity index is 830. The van der Waals surface area contributed by atoms with Crippen LogP contribution >= 0.6 is 0 Å². The van der Waals surface area contributed by atoms with Gasteiger partial charge in [0.05, 0.1) is 19.0 Å². The van der Waals surface area contributed by atoms with E-state index < -0.39 is 5.82 Å². The molecule has 7 heteroatoms. The molecule has 0 unspecified atom stereocenters. The number of rotatable bonds is 7. The van der Waals surface area contributed by atoms with Gasteiger partial charge in [0.1, 0.15) is 12.4 Å². The number of anilines is 2. The van der Waals surface area contributed by atoms with Gasteiger partial charge in [-0.05, 0) is 29.8 Å². The van der Waals surface area contributed by atoms with Gasteiger partial charge >= 0.3 is 6.01 Å². The second-order valence-electron chi connectivity index (χ2n) is 5.11. The van der Waals surface area contributed by atoms with Crippen LogP contribution in [0.2, 0.25) is 0 Å². The molecule has 25 heavy (non-hydrogen) atoms. The monoisotopic (exact) mass is 340 g/mol. The van der Waals surface area contributed by atoms with Gasteiger partial charge in [-0.3, -0.25) is 10.9 Å². The van der Waals surface area contributed by atoms with Crippen LogP contribution in [0.25, 0.3) is 0 Å². The van der Waals surface area contributed by atoms with Crippen LogP contribution in [0.4, 0.5) is 15.9 Å². The summed E-state index contributed by atoms with van der Waals surface area (Å²) in [5.41, 5.74) is 7.25. The Morgan fingerprint density at radius 2 is 1.88 bits per heavy atom. The van der Waals surface area contributed by atoms with Crippen LogP contribution in [0.15, 0.2) is 60.8 Å². The number of nitrogens with one attached hydrogen (secondary N) is 2. The van der Waals surface area contributed by atoms with Gasteiger partial charge in [-0.1, -0.05) is 30.3 Å². The highest BCUT2D eigenvalue weighted by Crippen LogP contribution is 2.17. The van der Waals surface area contributed by atoms with Crippen molar-refractivity contribution in [2.24, 2.45) is 0 Å². The molecule has 1 heterocycles. The molecule has 6 nitrogen and oxygen atoms in total. The summed E-state index contributed by atoms with van der Waals surface area (Å²) in [5.74, 6) is 0.146. The van der Waals surface area contributed by atoms with Crippen molar-refractivity contribution in [2.75, 3.05) is 18.0 Å². The fraction of sp³-hybridized carbons (Fsp3) is 0.111. The van der Waals surface area contributed by atoms with E-state index in [2.05, 4.69) is 20.8 Å². The van der Waals surface area contributed by atoms with Crippen LogP contribution in [0.5, 0.6) is 11.8 Å². The predicted octanol–water partition coefficient (Wildman–Crippen LogP) is 3.64. The minimum atomic E-state index is -0.586. The van der Waals surface area contributed by atoms with Crippen molar-refractivity contribution in [3.63, 3.8) is 0 Å². The summed E-state index contributed by atoms with van der Waals surface area (Å²) >= 11 is 0. The Balaban J connectivity index is 1.64. The number of para-hydroxylation sites is 1. The molecule has 2 N–H and O–H groups in total. The van der Waals surface area contributed by atoms with Gasteiger partial charge in [-0.25, -0.2) is 9.37 Å². The standard InChI is InChI=1S/C18H17FN4O2/c1-24-15-9-5-6-13(10-15)12-25-18-20-11-16(19)17(21-18)23-22-14-7-3-2-4-8-14/h2-11,22H,12H2,1H3,(H,20,21,23). The number of benzene rings is 2. The quantitative estimate of drug-likeness (QED) is 0.640. The predicted molar refractivity (Wildman–Crippen MR) is 93.0 cm³/mol. The maximum atomic E-state index is 13.8. The lowest BCUT2D eigenvalue weighted by atomic mass is 10.2. The zero-order chi connectivity index (χ0) is 17.5. The van der Waals surface area contributed by atoms with Gasteiger partial charge in [0, 0.05) is 0 Å². The Labute approximate surface area is 144 Å². The topological polar surface area (TPSA) is 68.3 Å². The first kappa shape index (κ1) is 16.5. The number of aromatic nitrogens is 2. The minimum absolute atomic E-state index is 0.000467. The maximum Gasteiger partial charge on any atom is 0.318 e. The highest BCUT2D eigenvalue weighted by Gasteiger charge is 2.08. The van der Waals surface area contributed by atoms with Crippen LogP contribution in [-0.4, -0.2) is 17.1 Å². The number of nitrogens with zero attached hydrogens (tertiary/aromatic N) is 2. The number of hydrogen-bond acceptors (Lipinski definition) is 6. The molecule has 0 saturated carbocycles. The van der Waals surface area contributed by atoms with Crippen molar-refractivity contribution >= 4 is 11.5 Å². The molecular weight excluding hydrogens is 323 g/mol. The molecule has 128 valence electrons. The van der Waals surface area contributed by atoms with E-state index in [1.807, 2.05) is 54.6 Å². The SMILES string of the molecule is COc1cccc(COc2ncc(F)c(NNc3ccccc3)n2)c1. The van der Waals surface area contributed by atoms with Crippen LogP contribution < -0.4 is 20.3 Å². The zero-order valence-electron chi connectivity index (χ0n) is 13.6. The van der Waals surface area contributed by atoms with E-state index in [4.69, 9.17) is 9.47 Å². The summed E-state index contributed by atoms with van der Waals surface area (Å²) < 4.78 is 24.5. The number of hydrazine groups is 1. The lowest BCUT2D eigenvalue weighted by molar-refractivity contribution is 0.279. The highest BCUT2D eigenvalue weighted by atomic mass is 19.1. The molecule has 0 amide bonds. The molecule has 0 bridgehead atoms. The molecule has 0 aliphatic rings. The fourth-order valence-electron chi connectivity index (χ4n) is 2.07. The molecule has 0 radical (unpaired) electrons. The normalized spacial score (nSPS) is 10.2. The molecule has 0 saturated heterocycles. The number of halogens is 1. The summed E-state index contributed by atoms with van der Waals surface area (Å²) in [6, 6.07) is 16.8. The average Bonchev–Trinajstić information content (AvgIpc) is 2.67. The molecule has 2 aromatic carbocycles. The lowest BCUT2D eigenvalue weighted by Crippen LogP contribution is -2.12. The minimum Gasteiger partial charge on any atom is -0.497 e. The highest BCUT2D eigenvalue weighted by molar-refractivity contribution is 5.49. The second kappa shape index (κ2) is 7.96. The third-order valence-electron chi connectivity index (χ3n) is 3.32. The van der Waals surface area contributed by atoms with Gasteiger partial charge in [0.15, 0.2) is 11.6 Å². The number of methoxy groups -OCH3 is 1. The summed E-state index contributed by atoms with van der Waals surface area (Å²) in [6.45, 7) is 0.244. The van der Waals surface area contributed by atoms with E-state index in [1.165, 1.54) is 0 Å². The summed E-state index contributed by atoms with van der Waals surface area (Å²) in [6.07, 6.45) is 1.06. The number of ether oxygens (including phenoxy) is 2. The van der Waals surface area contributed by atoms with Crippen molar-refractivity contribution in [2.45, 2.75) is 6.61 Å². The first-order valence-corrected chi connectivity index (χ1v) is 7.60. The fourth-order valence-corrected chi connectivity index (χ4v) is 2.07. The molecule has 3 aromatic rings. The van der Waals surface area contributed by atoms with Crippen LogP contribution in [0.3, 0.4) is 0 Å². The van der Waals surface area contributed by atoms with Crippen molar-refractivity contribution in [3.05, 3.63) is 72.2 Å². The Morgan fingerprint density at radius 1 is 1.04 bits per heavy atom. The number of hydrogen-bond donors (Lipinski definition) is 2. The van der Waals surface area contributed by atoms with Crippen molar-refractivity contribution in [1.82, 2.24) is 9.97 Å². The van der Waals surface area contributed by atoms with Gasteiger partial charge in [0.2, 0.25) is 0 Å². The first-order chi connectivity index (χ1) is 12.2. The van der Waals surface area contributed by atoms with Gasteiger partial charge in [0.25, 0.3) is 0 Å². The van der Waals surface area contributed by atoms with E-state index in [0.717, 1.165) is 23.2 Å². The first-order valence-electron chi connectivity index (χ1n) is 7.60. The molecule has 0 aliphatic heterocycles.